The summed E-state index contributed by atoms with van der Waals surface area (Å²) in [6.45, 7) is 2.18. The zero-order chi connectivity index (χ0) is 14.7. The van der Waals surface area contributed by atoms with Crippen LogP contribution < -0.4 is 10.1 Å². The van der Waals surface area contributed by atoms with Crippen molar-refractivity contribution in [3.63, 3.8) is 0 Å². The molecule has 3 rings (SSSR count). The first-order valence-electron chi connectivity index (χ1n) is 7.13. The van der Waals surface area contributed by atoms with Gasteiger partial charge in [0.25, 0.3) is 0 Å². The highest BCUT2D eigenvalue weighted by Gasteiger charge is 2.09. The first-order chi connectivity index (χ1) is 10.3. The molecule has 3 aromatic rings. The second-order valence-electron chi connectivity index (χ2n) is 5.05. The van der Waals surface area contributed by atoms with Gasteiger partial charge in [0, 0.05) is 11.1 Å². The van der Waals surface area contributed by atoms with E-state index in [4.69, 9.17) is 4.74 Å². The number of rotatable bonds is 5. The van der Waals surface area contributed by atoms with Crippen molar-refractivity contribution >= 4 is 16.6 Å². The Labute approximate surface area is 124 Å². The van der Waals surface area contributed by atoms with Gasteiger partial charge in [-0.3, -0.25) is 5.10 Å². The predicted molar refractivity (Wildman–Crippen MR) is 85.7 cm³/mol. The minimum absolute atomic E-state index is 0.274. The van der Waals surface area contributed by atoms with Crippen LogP contribution in [0.2, 0.25) is 0 Å². The number of ether oxygens (including phenoxy) is 1. The zero-order valence-electron chi connectivity index (χ0n) is 12.3. The number of nitrogens with one attached hydrogen (secondary N) is 2. The van der Waals surface area contributed by atoms with Crippen LogP contribution in [0.4, 0.5) is 5.69 Å². The summed E-state index contributed by atoms with van der Waals surface area (Å²) in [6.07, 6.45) is 2.84. The molecule has 21 heavy (non-hydrogen) atoms. The topological polar surface area (TPSA) is 49.9 Å². The third-order valence-corrected chi connectivity index (χ3v) is 3.71. The van der Waals surface area contributed by atoms with Gasteiger partial charge in [-0.2, -0.15) is 5.10 Å². The normalized spacial score (nSPS) is 12.3. The Hall–Kier alpha value is -2.49. The Morgan fingerprint density at radius 1 is 1.19 bits per heavy atom. The van der Waals surface area contributed by atoms with Crippen molar-refractivity contribution in [3.05, 3.63) is 54.2 Å². The first kappa shape index (κ1) is 13.5. The van der Waals surface area contributed by atoms with Crippen LogP contribution in [0.25, 0.3) is 10.9 Å². The van der Waals surface area contributed by atoms with Crippen LogP contribution in [0, 0.1) is 0 Å². The number of H-pyrrole nitrogens is 1. The lowest BCUT2D eigenvalue weighted by molar-refractivity contribution is 0.414. The number of benzene rings is 2. The van der Waals surface area contributed by atoms with Crippen LogP contribution in [-0.4, -0.2) is 17.3 Å². The summed E-state index contributed by atoms with van der Waals surface area (Å²) in [5.41, 5.74) is 3.39. The van der Waals surface area contributed by atoms with Crippen molar-refractivity contribution in [1.29, 1.82) is 0 Å². The van der Waals surface area contributed by atoms with E-state index in [1.165, 1.54) is 5.56 Å². The molecule has 0 aliphatic rings. The molecule has 1 atom stereocenters. The second-order valence-corrected chi connectivity index (χ2v) is 5.05. The van der Waals surface area contributed by atoms with Crippen molar-refractivity contribution in [2.75, 3.05) is 12.4 Å². The van der Waals surface area contributed by atoms with E-state index in [0.717, 1.165) is 28.8 Å². The van der Waals surface area contributed by atoms with Crippen molar-refractivity contribution in [1.82, 2.24) is 10.2 Å². The Kier molecular flexibility index (Phi) is 3.77. The van der Waals surface area contributed by atoms with Crippen LogP contribution in [0.15, 0.2) is 48.7 Å². The molecule has 0 spiro atoms. The van der Waals surface area contributed by atoms with E-state index >= 15 is 0 Å². The summed E-state index contributed by atoms with van der Waals surface area (Å²) >= 11 is 0. The van der Waals surface area contributed by atoms with Gasteiger partial charge in [0.2, 0.25) is 0 Å². The number of aromatic amines is 1. The second kappa shape index (κ2) is 5.87. The Balaban J connectivity index is 1.82. The Bertz CT molecular complexity index is 718. The number of aromatic nitrogens is 2. The van der Waals surface area contributed by atoms with Crippen molar-refractivity contribution in [2.24, 2.45) is 0 Å². The molecule has 0 saturated heterocycles. The largest absolute Gasteiger partial charge is 0.497 e. The fourth-order valence-electron chi connectivity index (χ4n) is 2.49. The maximum Gasteiger partial charge on any atom is 0.118 e. The smallest absolute Gasteiger partial charge is 0.118 e. The number of methoxy groups -OCH3 is 1. The van der Waals surface area contributed by atoms with Crippen LogP contribution in [-0.2, 0) is 0 Å². The molecule has 1 unspecified atom stereocenters. The lowest BCUT2D eigenvalue weighted by Crippen LogP contribution is -2.09. The number of nitrogens with zero attached hydrogens (tertiary/aromatic N) is 1. The van der Waals surface area contributed by atoms with Gasteiger partial charge >= 0.3 is 0 Å². The van der Waals surface area contributed by atoms with E-state index in [0.29, 0.717) is 0 Å². The quantitative estimate of drug-likeness (QED) is 0.739. The monoisotopic (exact) mass is 281 g/mol. The number of fused-ring (bicyclic) bond motifs is 1. The third-order valence-electron chi connectivity index (χ3n) is 3.71. The van der Waals surface area contributed by atoms with Gasteiger partial charge in [-0.25, -0.2) is 0 Å². The van der Waals surface area contributed by atoms with Crippen LogP contribution >= 0.6 is 0 Å². The number of anilines is 1. The van der Waals surface area contributed by atoms with E-state index in [-0.39, 0.29) is 6.04 Å². The summed E-state index contributed by atoms with van der Waals surface area (Å²) < 4.78 is 5.21. The molecule has 0 fully saturated rings. The van der Waals surface area contributed by atoms with Crippen LogP contribution in [0.3, 0.4) is 0 Å². The summed E-state index contributed by atoms with van der Waals surface area (Å²) in [5, 5.41) is 11.8. The van der Waals surface area contributed by atoms with Gasteiger partial charge in [0.1, 0.15) is 5.75 Å². The van der Waals surface area contributed by atoms with E-state index in [9.17, 15) is 0 Å². The van der Waals surface area contributed by atoms with Gasteiger partial charge in [-0.15, -0.1) is 0 Å². The van der Waals surface area contributed by atoms with Gasteiger partial charge in [0.15, 0.2) is 0 Å². The highest BCUT2D eigenvalue weighted by molar-refractivity contribution is 5.81. The molecule has 0 amide bonds. The van der Waals surface area contributed by atoms with Gasteiger partial charge in [-0.05, 0) is 42.3 Å². The summed E-state index contributed by atoms with van der Waals surface area (Å²) in [7, 11) is 1.68. The lowest BCUT2D eigenvalue weighted by Gasteiger charge is -2.19. The molecule has 0 saturated carbocycles. The molecular weight excluding hydrogens is 262 g/mol. The van der Waals surface area contributed by atoms with Gasteiger partial charge < -0.3 is 10.1 Å². The zero-order valence-corrected chi connectivity index (χ0v) is 12.3. The Morgan fingerprint density at radius 2 is 2.00 bits per heavy atom. The molecule has 0 bridgehead atoms. The highest BCUT2D eigenvalue weighted by atomic mass is 16.5. The SMILES string of the molecule is CCC(Nc1ccc2cn[nH]c2c1)c1ccc(OC)cc1. The number of hydrogen-bond donors (Lipinski definition) is 2. The van der Waals surface area contributed by atoms with Crippen molar-refractivity contribution < 1.29 is 4.74 Å². The molecule has 2 N–H and O–H groups in total. The lowest BCUT2D eigenvalue weighted by atomic mass is 10.0. The average Bonchev–Trinajstić information content (AvgIpc) is 3.00. The minimum atomic E-state index is 0.274. The molecule has 2 aromatic carbocycles. The van der Waals surface area contributed by atoms with E-state index in [1.54, 1.807) is 7.11 Å². The van der Waals surface area contributed by atoms with Gasteiger partial charge in [0.05, 0.1) is 24.9 Å². The molecular formula is C17H19N3O. The van der Waals surface area contributed by atoms with Crippen molar-refractivity contribution in [2.45, 2.75) is 19.4 Å². The molecule has 4 nitrogen and oxygen atoms in total. The van der Waals surface area contributed by atoms with Crippen LogP contribution in [0.5, 0.6) is 5.75 Å². The molecule has 1 heterocycles. The molecule has 108 valence electrons. The molecule has 0 radical (unpaired) electrons. The predicted octanol–water partition coefficient (Wildman–Crippen LogP) is 4.13. The molecule has 0 aliphatic heterocycles. The number of hydrogen-bond acceptors (Lipinski definition) is 3. The van der Waals surface area contributed by atoms with Crippen LogP contribution in [0.1, 0.15) is 24.9 Å². The van der Waals surface area contributed by atoms with Gasteiger partial charge in [-0.1, -0.05) is 19.1 Å². The fourth-order valence-corrected chi connectivity index (χ4v) is 2.49. The van der Waals surface area contributed by atoms with E-state index in [2.05, 4.69) is 52.8 Å². The highest BCUT2D eigenvalue weighted by Crippen LogP contribution is 2.26. The summed E-state index contributed by atoms with van der Waals surface area (Å²) in [5.74, 6) is 0.882. The minimum Gasteiger partial charge on any atom is -0.497 e. The average molecular weight is 281 g/mol. The molecule has 0 aliphatic carbocycles. The fraction of sp³-hybridized carbons (Fsp3) is 0.235. The van der Waals surface area contributed by atoms with Crippen molar-refractivity contribution in [3.8, 4) is 5.75 Å². The Morgan fingerprint density at radius 3 is 2.71 bits per heavy atom. The maximum absolute atomic E-state index is 5.21. The standard InChI is InChI=1S/C17H19N3O/c1-3-16(12-5-8-15(21-2)9-6-12)19-14-7-4-13-11-18-20-17(13)10-14/h4-11,16,19H,3H2,1-2H3,(H,18,20). The maximum atomic E-state index is 5.21. The summed E-state index contributed by atoms with van der Waals surface area (Å²) in [4.78, 5) is 0. The third kappa shape index (κ3) is 2.84. The van der Waals surface area contributed by atoms with E-state index in [1.807, 2.05) is 18.3 Å². The molecule has 1 aromatic heterocycles. The summed E-state index contributed by atoms with van der Waals surface area (Å²) in [6, 6.07) is 14.7. The molecule has 4 heteroatoms. The first-order valence-corrected chi connectivity index (χ1v) is 7.13. The van der Waals surface area contributed by atoms with E-state index < -0.39 is 0 Å².